The van der Waals surface area contributed by atoms with Gasteiger partial charge in [0.25, 0.3) is 0 Å². The molecule has 1 aliphatic rings. The van der Waals surface area contributed by atoms with Crippen LogP contribution in [-0.4, -0.2) is 78.1 Å². The molecule has 1 heterocycles. The van der Waals surface area contributed by atoms with Gasteiger partial charge in [-0.25, -0.2) is 8.42 Å². The van der Waals surface area contributed by atoms with E-state index in [1.54, 1.807) is 18.2 Å². The lowest BCUT2D eigenvalue weighted by Gasteiger charge is -2.33. The molecule has 0 aromatic heterocycles. The number of hydrogen-bond donors (Lipinski definition) is 0. The second-order valence-electron chi connectivity index (χ2n) is 9.78. The number of ether oxygens (including phenoxy) is 3. The van der Waals surface area contributed by atoms with E-state index in [4.69, 9.17) is 37.4 Å². The fraction of sp³-hybridized carbons (Fsp3) is 0.552. The minimum Gasteiger partial charge on any atom is -0.379 e. The Labute approximate surface area is 242 Å². The van der Waals surface area contributed by atoms with Crippen LogP contribution in [0.3, 0.4) is 0 Å². The van der Waals surface area contributed by atoms with Crippen molar-refractivity contribution in [1.29, 1.82) is 0 Å². The average molecular weight is 601 g/mol. The van der Waals surface area contributed by atoms with Crippen molar-refractivity contribution in [1.82, 2.24) is 4.90 Å². The zero-order valence-corrected chi connectivity index (χ0v) is 25.1. The van der Waals surface area contributed by atoms with E-state index in [0.29, 0.717) is 73.8 Å². The van der Waals surface area contributed by atoms with Gasteiger partial charge in [0.05, 0.1) is 37.1 Å². The lowest BCUT2D eigenvalue weighted by atomic mass is 9.85. The number of carbonyl (C=O) groups excluding carboxylic acids is 1. The monoisotopic (exact) mass is 599 g/mol. The zero-order valence-electron chi connectivity index (χ0n) is 22.8. The van der Waals surface area contributed by atoms with Gasteiger partial charge in [-0.2, -0.15) is 0 Å². The van der Waals surface area contributed by atoms with Gasteiger partial charge in [0.15, 0.2) is 9.84 Å². The summed E-state index contributed by atoms with van der Waals surface area (Å²) in [7, 11) is -1.37. The standard InChI is InChI=1S/C29H39Cl2NO6S/c1-3-24(33)6-4-11-36-13-15-38-16-14-37-12-5-17-39(34,35)25-9-7-22(8-10-25)27-20-32(2)21-28-26(27)18-23(30)19-29(28)31/h7-10,18-19,27H,3-6,11-17,20-21H2,1-2H3/t27-/m0/s1. The number of benzene rings is 2. The molecule has 10 heteroatoms. The van der Waals surface area contributed by atoms with E-state index in [-0.39, 0.29) is 17.5 Å². The predicted molar refractivity (Wildman–Crippen MR) is 155 cm³/mol. The molecule has 0 amide bonds. The van der Waals surface area contributed by atoms with Crippen LogP contribution in [-0.2, 0) is 35.4 Å². The van der Waals surface area contributed by atoms with Crippen LogP contribution in [0.2, 0.25) is 10.0 Å². The fourth-order valence-electron chi connectivity index (χ4n) is 4.60. The molecule has 0 unspecified atom stereocenters. The first kappa shape index (κ1) is 32.0. The normalized spacial score (nSPS) is 15.8. The van der Waals surface area contributed by atoms with Crippen LogP contribution >= 0.6 is 23.2 Å². The number of fused-ring (bicyclic) bond motifs is 1. The van der Waals surface area contributed by atoms with Gasteiger partial charge < -0.3 is 19.1 Å². The van der Waals surface area contributed by atoms with Crippen molar-refractivity contribution in [2.24, 2.45) is 0 Å². The molecule has 0 saturated carbocycles. The van der Waals surface area contributed by atoms with Crippen LogP contribution in [0.4, 0.5) is 0 Å². The van der Waals surface area contributed by atoms with Crippen LogP contribution < -0.4 is 0 Å². The highest BCUT2D eigenvalue weighted by molar-refractivity contribution is 7.91. The molecule has 1 atom stereocenters. The molecule has 2 aromatic rings. The Morgan fingerprint density at radius 3 is 2.21 bits per heavy atom. The minimum atomic E-state index is -3.41. The molecule has 39 heavy (non-hydrogen) atoms. The summed E-state index contributed by atoms with van der Waals surface area (Å²) in [5.41, 5.74) is 3.18. The topological polar surface area (TPSA) is 82.1 Å². The van der Waals surface area contributed by atoms with Gasteiger partial charge in [0, 0.05) is 55.1 Å². The maximum atomic E-state index is 12.8. The molecule has 7 nitrogen and oxygen atoms in total. The quantitative estimate of drug-likeness (QED) is 0.221. The molecule has 1 aliphatic heterocycles. The Kier molecular flexibility index (Phi) is 13.2. The smallest absolute Gasteiger partial charge is 0.178 e. The summed E-state index contributed by atoms with van der Waals surface area (Å²) < 4.78 is 42.1. The highest BCUT2D eigenvalue weighted by atomic mass is 35.5. The van der Waals surface area contributed by atoms with E-state index < -0.39 is 9.84 Å². The third kappa shape index (κ3) is 10.1. The van der Waals surface area contributed by atoms with E-state index in [2.05, 4.69) is 4.90 Å². The minimum absolute atomic E-state index is 0.0157. The lowest BCUT2D eigenvalue weighted by molar-refractivity contribution is -0.119. The van der Waals surface area contributed by atoms with E-state index in [1.807, 2.05) is 32.2 Å². The van der Waals surface area contributed by atoms with Crippen molar-refractivity contribution >= 4 is 38.8 Å². The molecule has 216 valence electrons. The molecule has 3 rings (SSSR count). The number of sulfone groups is 1. The van der Waals surface area contributed by atoms with Gasteiger partial charge in [-0.15, -0.1) is 0 Å². The van der Waals surface area contributed by atoms with E-state index in [9.17, 15) is 13.2 Å². The van der Waals surface area contributed by atoms with Crippen LogP contribution in [0.5, 0.6) is 0 Å². The maximum Gasteiger partial charge on any atom is 0.178 e. The Morgan fingerprint density at radius 1 is 0.949 bits per heavy atom. The third-order valence-corrected chi connectivity index (χ3v) is 9.09. The maximum absolute atomic E-state index is 12.8. The van der Waals surface area contributed by atoms with Gasteiger partial charge >= 0.3 is 0 Å². The molecule has 0 aliphatic carbocycles. The predicted octanol–water partition coefficient (Wildman–Crippen LogP) is 5.54. The van der Waals surface area contributed by atoms with Gasteiger partial charge in [-0.05, 0) is 60.8 Å². The number of carbonyl (C=O) groups is 1. The molecular formula is C29H39Cl2NO6S. The molecule has 0 N–H and O–H groups in total. The summed E-state index contributed by atoms with van der Waals surface area (Å²) >= 11 is 12.7. The molecule has 0 radical (unpaired) electrons. The van der Waals surface area contributed by atoms with Crippen molar-refractivity contribution in [3.05, 3.63) is 63.1 Å². The van der Waals surface area contributed by atoms with Crippen molar-refractivity contribution < 1.29 is 27.4 Å². The highest BCUT2D eigenvalue weighted by Gasteiger charge is 2.27. The number of ketones is 1. The zero-order chi connectivity index (χ0) is 28.3. The highest BCUT2D eigenvalue weighted by Crippen LogP contribution is 2.38. The number of nitrogens with zero attached hydrogens (tertiary/aromatic N) is 1. The molecule has 0 bridgehead atoms. The Morgan fingerprint density at radius 2 is 1.56 bits per heavy atom. The van der Waals surface area contributed by atoms with Crippen molar-refractivity contribution in [3.8, 4) is 0 Å². The number of Topliss-reactive ketones (excluding diaryl/α,β-unsaturated/α-hetero) is 1. The van der Waals surface area contributed by atoms with Gasteiger partial charge in [0.1, 0.15) is 5.78 Å². The molecule has 2 aromatic carbocycles. The Balaban J connectivity index is 1.36. The Bertz CT molecular complexity index is 1170. The second kappa shape index (κ2) is 16.1. The van der Waals surface area contributed by atoms with Crippen molar-refractivity contribution in [3.63, 3.8) is 0 Å². The summed E-state index contributed by atoms with van der Waals surface area (Å²) in [5, 5.41) is 1.26. The number of rotatable bonds is 17. The van der Waals surface area contributed by atoms with E-state index in [1.165, 1.54) is 0 Å². The van der Waals surface area contributed by atoms with E-state index in [0.717, 1.165) is 36.2 Å². The van der Waals surface area contributed by atoms with E-state index >= 15 is 0 Å². The first-order chi connectivity index (χ1) is 18.7. The summed E-state index contributed by atoms with van der Waals surface area (Å²) in [4.78, 5) is 13.7. The molecule has 0 fully saturated rings. The largest absolute Gasteiger partial charge is 0.379 e. The van der Waals surface area contributed by atoms with Gasteiger partial charge in [0.2, 0.25) is 0 Å². The molecular weight excluding hydrogens is 561 g/mol. The molecule has 0 saturated heterocycles. The van der Waals surface area contributed by atoms with Crippen molar-refractivity contribution in [2.75, 3.05) is 59.0 Å². The first-order valence-corrected chi connectivity index (χ1v) is 15.9. The first-order valence-electron chi connectivity index (χ1n) is 13.4. The van der Waals surface area contributed by atoms with Crippen LogP contribution in [0.1, 0.15) is 55.2 Å². The van der Waals surface area contributed by atoms with Gasteiger partial charge in [-0.3, -0.25) is 4.79 Å². The second-order valence-corrected chi connectivity index (χ2v) is 12.7. The summed E-state index contributed by atoms with van der Waals surface area (Å²) in [6.45, 7) is 6.05. The summed E-state index contributed by atoms with van der Waals surface area (Å²) in [6.07, 6.45) is 2.27. The fourth-order valence-corrected chi connectivity index (χ4v) is 6.45. The summed E-state index contributed by atoms with van der Waals surface area (Å²) in [6, 6.07) is 10.9. The van der Waals surface area contributed by atoms with Crippen LogP contribution in [0.25, 0.3) is 0 Å². The van der Waals surface area contributed by atoms with Crippen LogP contribution in [0, 0.1) is 0 Å². The lowest BCUT2D eigenvalue weighted by Crippen LogP contribution is -2.31. The van der Waals surface area contributed by atoms with Crippen molar-refractivity contribution in [2.45, 2.75) is 50.0 Å². The third-order valence-electron chi connectivity index (χ3n) is 6.72. The SMILES string of the molecule is CCC(=O)CCCOCCOCCOCCCS(=O)(=O)c1ccc([C@@H]2CN(C)Cc3c(Cl)cc(Cl)cc32)cc1. The summed E-state index contributed by atoms with van der Waals surface area (Å²) in [5.74, 6) is 0.330. The van der Waals surface area contributed by atoms with Gasteiger partial charge in [-0.1, -0.05) is 42.3 Å². The number of halogens is 2. The Hall–Kier alpha value is -1.52. The number of hydrogen-bond acceptors (Lipinski definition) is 7. The number of likely N-dealkylation sites (N-methyl/N-ethyl adjacent to an activating group) is 1. The van der Waals surface area contributed by atoms with Crippen LogP contribution in [0.15, 0.2) is 41.3 Å². The average Bonchev–Trinajstić information content (AvgIpc) is 2.91. The molecule has 0 spiro atoms.